The average Bonchev–Trinajstić information content (AvgIpc) is 3.37. The van der Waals surface area contributed by atoms with Crippen molar-refractivity contribution < 1.29 is 37.0 Å². The summed E-state index contributed by atoms with van der Waals surface area (Å²) in [5, 5.41) is 2.65. The first-order valence-electron chi connectivity index (χ1n) is 12.6. The van der Waals surface area contributed by atoms with Crippen LogP contribution in [-0.2, 0) is 27.0 Å². The predicted octanol–water partition coefficient (Wildman–Crippen LogP) is 3.42. The minimum absolute atomic E-state index is 0.0578. The van der Waals surface area contributed by atoms with Crippen molar-refractivity contribution in [2.75, 3.05) is 18.2 Å². The zero-order chi connectivity index (χ0) is 29.3. The van der Waals surface area contributed by atoms with Gasteiger partial charge in [-0.1, -0.05) is 37.3 Å². The third-order valence-corrected chi connectivity index (χ3v) is 6.72. The molecule has 0 fully saturated rings. The molecule has 212 valence electrons. The molecule has 5 rings (SSSR count). The molecule has 0 bridgehead atoms. The van der Waals surface area contributed by atoms with Gasteiger partial charge in [0.15, 0.2) is 11.5 Å². The van der Waals surface area contributed by atoms with Gasteiger partial charge >= 0.3 is 6.18 Å². The van der Waals surface area contributed by atoms with E-state index in [4.69, 9.17) is 15.2 Å². The number of nitrogens with two attached hydrogens (primary N) is 1. The lowest BCUT2D eigenvalue weighted by Gasteiger charge is -2.24. The molecule has 2 heterocycles. The lowest BCUT2D eigenvalue weighted by Crippen LogP contribution is -2.50. The van der Waals surface area contributed by atoms with E-state index in [1.807, 2.05) is 0 Å². The maximum atomic E-state index is 13.7. The molecule has 3 aromatic carbocycles. The summed E-state index contributed by atoms with van der Waals surface area (Å²) in [6, 6.07) is 16.5. The number of primary amides is 1. The van der Waals surface area contributed by atoms with E-state index in [0.717, 1.165) is 12.1 Å². The molecule has 3 amide bonds. The maximum absolute atomic E-state index is 13.7. The number of hydrogen-bond acceptors (Lipinski definition) is 6. The van der Waals surface area contributed by atoms with Crippen molar-refractivity contribution >= 4 is 29.1 Å². The number of carbonyl (C=O) groups is 3. The summed E-state index contributed by atoms with van der Waals surface area (Å²) < 4.78 is 49.6. The third kappa shape index (κ3) is 5.86. The summed E-state index contributed by atoms with van der Waals surface area (Å²) in [4.78, 5) is 44.7. The number of rotatable bonds is 7. The second-order valence-corrected chi connectivity index (χ2v) is 9.66. The van der Waals surface area contributed by atoms with Crippen LogP contribution in [0.15, 0.2) is 71.7 Å². The fraction of sp³-hybridized carbons (Fsp3) is 0.241. The molecule has 0 aliphatic carbocycles. The van der Waals surface area contributed by atoms with Gasteiger partial charge < -0.3 is 20.5 Å². The smallest absolute Gasteiger partial charge is 0.416 e. The second kappa shape index (κ2) is 11.0. The van der Waals surface area contributed by atoms with Gasteiger partial charge in [-0.2, -0.15) is 13.2 Å². The van der Waals surface area contributed by atoms with Gasteiger partial charge in [-0.25, -0.2) is 4.99 Å². The van der Waals surface area contributed by atoms with Crippen LogP contribution >= 0.6 is 0 Å². The number of nitrogens with zero attached hydrogens (tertiary/aromatic N) is 2. The number of fused-ring (bicyclic) bond motifs is 2. The van der Waals surface area contributed by atoms with Gasteiger partial charge in [0.25, 0.3) is 5.91 Å². The van der Waals surface area contributed by atoms with Gasteiger partial charge in [0.05, 0.1) is 17.0 Å². The zero-order valence-corrected chi connectivity index (χ0v) is 21.8. The summed E-state index contributed by atoms with van der Waals surface area (Å²) in [5.74, 6) is -1.69. The highest BCUT2D eigenvalue weighted by molar-refractivity contribution is 6.21. The minimum atomic E-state index is -4.47. The summed E-state index contributed by atoms with van der Waals surface area (Å²) in [6.07, 6.45) is -5.78. The molecule has 3 N–H and O–H groups in total. The molecule has 12 heteroatoms. The normalized spacial score (nSPS) is 16.9. The lowest BCUT2D eigenvalue weighted by atomic mass is 9.99. The van der Waals surface area contributed by atoms with E-state index in [-0.39, 0.29) is 13.2 Å². The molecule has 0 radical (unpaired) electrons. The Hall–Kier alpha value is -4.87. The molecule has 9 nitrogen and oxygen atoms in total. The summed E-state index contributed by atoms with van der Waals surface area (Å²) in [6.45, 7) is 1.20. The van der Waals surface area contributed by atoms with E-state index in [1.54, 1.807) is 49.4 Å². The van der Waals surface area contributed by atoms with Crippen molar-refractivity contribution in [1.29, 1.82) is 0 Å². The number of anilines is 1. The van der Waals surface area contributed by atoms with Crippen molar-refractivity contribution in [2.45, 2.75) is 25.7 Å². The van der Waals surface area contributed by atoms with Crippen LogP contribution in [0.4, 0.5) is 18.9 Å². The monoisotopic (exact) mass is 566 g/mol. The highest BCUT2D eigenvalue weighted by Gasteiger charge is 2.35. The fourth-order valence-corrected chi connectivity index (χ4v) is 4.67. The van der Waals surface area contributed by atoms with Gasteiger partial charge in [0, 0.05) is 17.0 Å². The van der Waals surface area contributed by atoms with Crippen molar-refractivity contribution in [1.82, 2.24) is 5.32 Å². The molecule has 2 aliphatic rings. The highest BCUT2D eigenvalue weighted by Crippen LogP contribution is 2.35. The number of benzene rings is 3. The molecule has 0 saturated carbocycles. The van der Waals surface area contributed by atoms with Crippen LogP contribution in [0, 0.1) is 5.92 Å². The molecular formula is C29H25F3N4O5. The van der Waals surface area contributed by atoms with Crippen LogP contribution < -0.4 is 25.4 Å². The Kier molecular flexibility index (Phi) is 7.40. The topological polar surface area (TPSA) is 123 Å². The first-order valence-corrected chi connectivity index (χ1v) is 12.6. The predicted molar refractivity (Wildman–Crippen MR) is 142 cm³/mol. The van der Waals surface area contributed by atoms with Crippen molar-refractivity contribution in [3.05, 3.63) is 89.0 Å². The van der Waals surface area contributed by atoms with Crippen LogP contribution in [-0.4, -0.2) is 42.9 Å². The van der Waals surface area contributed by atoms with E-state index in [0.29, 0.717) is 39.6 Å². The van der Waals surface area contributed by atoms with Crippen LogP contribution in [0.3, 0.4) is 0 Å². The van der Waals surface area contributed by atoms with E-state index < -0.39 is 48.1 Å². The van der Waals surface area contributed by atoms with Crippen LogP contribution in [0.2, 0.25) is 0 Å². The zero-order valence-electron chi connectivity index (χ0n) is 21.8. The number of halogens is 3. The Morgan fingerprint density at radius 2 is 1.78 bits per heavy atom. The van der Waals surface area contributed by atoms with Gasteiger partial charge in [-0.15, -0.1) is 0 Å². The fourth-order valence-electron chi connectivity index (χ4n) is 4.67. The first kappa shape index (κ1) is 27.7. The molecule has 2 aliphatic heterocycles. The van der Waals surface area contributed by atoms with Gasteiger partial charge in [-0.05, 0) is 48.4 Å². The van der Waals surface area contributed by atoms with E-state index >= 15 is 0 Å². The standard InChI is InChI=1S/C29H25F3N4O5/c1-16(12-17-6-9-19(10-7-17)29(30,31)32)27(38)35-26-28(39)36(14-24(33)37)21-5-3-2-4-20(21)25(34-26)18-8-11-22-23(13-18)41-15-40-22/h2-11,13,16,26H,12,14-15H2,1H3,(H2,33,37)(H,35,38)/t16-,26?/m0/s1. The molecule has 41 heavy (non-hydrogen) atoms. The summed E-state index contributed by atoms with van der Waals surface area (Å²) in [7, 11) is 0. The Morgan fingerprint density at radius 1 is 1.07 bits per heavy atom. The quantitative estimate of drug-likeness (QED) is 0.454. The van der Waals surface area contributed by atoms with Crippen molar-refractivity contribution in [2.24, 2.45) is 16.6 Å². The molecule has 0 spiro atoms. The third-order valence-electron chi connectivity index (χ3n) is 6.72. The summed E-state index contributed by atoms with van der Waals surface area (Å²) in [5.41, 5.74) is 7.02. The Balaban J connectivity index is 1.47. The van der Waals surface area contributed by atoms with Gasteiger partial charge in [0.1, 0.15) is 6.54 Å². The number of hydrogen-bond donors (Lipinski definition) is 2. The van der Waals surface area contributed by atoms with Crippen LogP contribution in [0.5, 0.6) is 11.5 Å². The highest BCUT2D eigenvalue weighted by atomic mass is 19.4. The lowest BCUT2D eigenvalue weighted by molar-refractivity contribution is -0.137. The number of nitrogens with one attached hydrogen (secondary N) is 1. The van der Waals surface area contributed by atoms with Gasteiger partial charge in [0.2, 0.25) is 24.8 Å². The van der Waals surface area contributed by atoms with E-state index in [9.17, 15) is 27.6 Å². The Bertz CT molecular complexity index is 1540. The van der Waals surface area contributed by atoms with Gasteiger partial charge in [-0.3, -0.25) is 19.3 Å². The Morgan fingerprint density at radius 3 is 2.49 bits per heavy atom. The van der Waals surface area contributed by atoms with Crippen molar-refractivity contribution in [3.63, 3.8) is 0 Å². The number of para-hydroxylation sites is 1. The Labute approximate surface area is 232 Å². The largest absolute Gasteiger partial charge is 0.454 e. The van der Waals surface area contributed by atoms with Crippen molar-refractivity contribution in [3.8, 4) is 11.5 Å². The van der Waals surface area contributed by atoms with Crippen LogP contribution in [0.25, 0.3) is 0 Å². The molecule has 2 atom stereocenters. The number of ether oxygens (including phenoxy) is 2. The first-order chi connectivity index (χ1) is 19.5. The number of benzodiazepines with no additional fused rings is 1. The maximum Gasteiger partial charge on any atom is 0.416 e. The molecule has 0 aromatic heterocycles. The number of carbonyl (C=O) groups excluding carboxylic acids is 3. The van der Waals surface area contributed by atoms with Crippen LogP contribution in [0.1, 0.15) is 29.2 Å². The average molecular weight is 567 g/mol. The molecule has 3 aromatic rings. The van der Waals surface area contributed by atoms with E-state index in [2.05, 4.69) is 10.3 Å². The number of aliphatic imine (C=N–C) groups is 1. The van der Waals surface area contributed by atoms with E-state index in [1.165, 1.54) is 17.0 Å². The second-order valence-electron chi connectivity index (χ2n) is 9.66. The number of amides is 3. The molecule has 1 unspecified atom stereocenters. The molecular weight excluding hydrogens is 541 g/mol. The number of alkyl halides is 3. The SMILES string of the molecule is C[C@@H](Cc1ccc(C(F)(F)F)cc1)C(=O)NC1N=C(c2ccc3c(c2)OCO3)c2ccccc2N(CC(N)=O)C1=O. The molecule has 0 saturated heterocycles. The summed E-state index contributed by atoms with van der Waals surface area (Å²) >= 11 is 0. The minimum Gasteiger partial charge on any atom is -0.454 e.